The van der Waals surface area contributed by atoms with Gasteiger partial charge in [-0.2, -0.15) is 0 Å². The maximum Gasteiger partial charge on any atom is 0.166 e. The highest BCUT2D eigenvalue weighted by atomic mass is 28.3. The summed E-state index contributed by atoms with van der Waals surface area (Å²) in [6.07, 6.45) is 0. The largest absolute Gasteiger partial charge is 0.435 e. The summed E-state index contributed by atoms with van der Waals surface area (Å²) < 4.78 is 6.63. The van der Waals surface area contributed by atoms with Gasteiger partial charge in [0.05, 0.1) is 0 Å². The molecule has 0 aliphatic heterocycles. The van der Waals surface area contributed by atoms with E-state index in [1.807, 2.05) is 0 Å². The Kier molecular flexibility index (Phi) is 0.901. The Labute approximate surface area is 29.2 Å². The van der Waals surface area contributed by atoms with Gasteiger partial charge in [0.2, 0.25) is 0 Å². The van der Waals surface area contributed by atoms with Crippen molar-refractivity contribution in [1.82, 2.24) is 0 Å². The van der Waals surface area contributed by atoms with Gasteiger partial charge in [-0.25, -0.2) is 0 Å². The molecule has 1 N–H and O–H groups in total. The van der Waals surface area contributed by atoms with Crippen molar-refractivity contribution in [2.45, 2.75) is 13.1 Å². The van der Waals surface area contributed by atoms with Crippen molar-refractivity contribution in [3.8, 4) is 0 Å². The van der Waals surface area contributed by atoms with Gasteiger partial charge in [0.25, 0.3) is 0 Å². The van der Waals surface area contributed by atoms with E-state index in [1.54, 1.807) is 13.1 Å². The Balaban J connectivity index is 3.02. The number of hydrogen-bond donors (Lipinski definition) is 1. The van der Waals surface area contributed by atoms with E-state index in [1.165, 1.54) is 0 Å². The van der Waals surface area contributed by atoms with Gasteiger partial charge in [-0.15, -0.1) is 0 Å². The van der Waals surface area contributed by atoms with Crippen LogP contribution in [0.1, 0.15) is 0 Å². The minimum atomic E-state index is -2.36. The Morgan fingerprint density at radius 1 is 2.00 bits per heavy atom. The van der Waals surface area contributed by atoms with Gasteiger partial charge in [0.15, 0.2) is 8.97 Å². The second-order valence-electron chi connectivity index (χ2n) is 0.947. The summed E-state index contributed by atoms with van der Waals surface area (Å²) in [6, 6.07) is 0. The summed E-state index contributed by atoms with van der Waals surface area (Å²) in [6.45, 7) is 3.10. The SMILES string of the molecule is [2H][Si](C)(C)O. The molecule has 0 spiro atoms. The van der Waals surface area contributed by atoms with Crippen LogP contribution < -0.4 is 0 Å². The van der Waals surface area contributed by atoms with Crippen LogP contribution in [-0.4, -0.2) is 15.0 Å². The molecule has 0 radical (unpaired) electrons. The lowest BCUT2D eigenvalue weighted by atomic mass is 11.9. The van der Waals surface area contributed by atoms with Gasteiger partial charge >= 0.3 is 0 Å². The van der Waals surface area contributed by atoms with Crippen molar-refractivity contribution in [3.63, 3.8) is 0 Å². The van der Waals surface area contributed by atoms with Gasteiger partial charge in [-0.1, -0.05) is 0 Å². The smallest absolute Gasteiger partial charge is 0.166 e. The van der Waals surface area contributed by atoms with E-state index >= 15 is 0 Å². The van der Waals surface area contributed by atoms with Crippen LogP contribution in [0.4, 0.5) is 0 Å². The molecule has 0 aromatic heterocycles. The van der Waals surface area contributed by atoms with Gasteiger partial charge in [0.1, 0.15) is 0 Å². The van der Waals surface area contributed by atoms with Crippen molar-refractivity contribution in [2.75, 3.05) is 0 Å². The fourth-order valence-corrected chi connectivity index (χ4v) is 0. The van der Waals surface area contributed by atoms with Gasteiger partial charge in [0, 0.05) is 1.23 Å². The molecule has 0 bridgehead atoms. The Bertz CT molecular complexity index is 25.1. The van der Waals surface area contributed by atoms with E-state index in [2.05, 4.69) is 0 Å². The normalized spacial score (nSPS) is 15.2. The topological polar surface area (TPSA) is 20.2 Å². The Morgan fingerprint density at radius 2 is 2.00 bits per heavy atom. The van der Waals surface area contributed by atoms with Crippen LogP contribution in [0.5, 0.6) is 0 Å². The van der Waals surface area contributed by atoms with Crippen LogP contribution in [0.2, 0.25) is 13.1 Å². The summed E-state index contributed by atoms with van der Waals surface area (Å²) >= 11 is 0. The molecule has 26 valence electrons. The summed E-state index contributed by atoms with van der Waals surface area (Å²) in [7, 11) is -2.36. The highest BCUT2D eigenvalue weighted by Gasteiger charge is 1.74. The van der Waals surface area contributed by atoms with Crippen LogP contribution >= 0.6 is 0 Å². The van der Waals surface area contributed by atoms with E-state index in [0.29, 0.717) is 0 Å². The molecule has 0 aromatic rings. The lowest BCUT2D eigenvalue weighted by Crippen LogP contribution is -1.93. The third-order valence-corrected chi connectivity index (χ3v) is 0. The highest BCUT2D eigenvalue weighted by molar-refractivity contribution is 6.46. The lowest BCUT2D eigenvalue weighted by molar-refractivity contribution is 0.587. The van der Waals surface area contributed by atoms with Gasteiger partial charge < -0.3 is 4.80 Å². The quantitative estimate of drug-likeness (QED) is 0.402. The van der Waals surface area contributed by atoms with Crippen LogP contribution in [0.3, 0.4) is 0 Å². The van der Waals surface area contributed by atoms with Crippen LogP contribution in [0, 0.1) is 0 Å². The maximum absolute atomic E-state index is 8.33. The highest BCUT2D eigenvalue weighted by Crippen LogP contribution is 1.60. The molecule has 0 aliphatic rings. The van der Waals surface area contributed by atoms with Crippen LogP contribution in [0.25, 0.3) is 0 Å². The first-order valence-corrected chi connectivity index (χ1v) is 3.67. The van der Waals surface area contributed by atoms with Gasteiger partial charge in [-0.3, -0.25) is 0 Å². The van der Waals surface area contributed by atoms with E-state index in [4.69, 9.17) is 6.03 Å². The molecule has 4 heavy (non-hydrogen) atoms. The maximum atomic E-state index is 8.33. The fourth-order valence-electron chi connectivity index (χ4n) is 0. The Hall–Kier alpha value is 0.177. The molecule has 0 aliphatic carbocycles. The molecule has 0 saturated heterocycles. The molecule has 0 amide bonds. The third-order valence-electron chi connectivity index (χ3n) is 0. The van der Waals surface area contributed by atoms with Crippen molar-refractivity contribution >= 4 is 8.97 Å². The second-order valence-corrected chi connectivity index (χ2v) is 2.84. The zero-order valence-corrected chi connectivity index (χ0v) is 3.95. The zero-order chi connectivity index (χ0) is 4.50. The van der Waals surface area contributed by atoms with E-state index in [0.717, 1.165) is 0 Å². The van der Waals surface area contributed by atoms with E-state index in [9.17, 15) is 0 Å². The molecule has 0 saturated carbocycles. The van der Waals surface area contributed by atoms with Crippen molar-refractivity contribution in [1.29, 1.82) is 1.23 Å². The third kappa shape index (κ3) is 96.4. The molecule has 2 heteroatoms. The molecule has 0 heterocycles. The standard InChI is InChI=1S/C2H8OSi/c1-4(2)3/h3-4H,1-2H3/i4D. The predicted octanol–water partition coefficient (Wildman–Crippen LogP) is -0.0379. The molecule has 0 atom stereocenters. The minimum Gasteiger partial charge on any atom is -0.435 e. The number of rotatable bonds is 0. The van der Waals surface area contributed by atoms with Crippen molar-refractivity contribution < 1.29 is 4.80 Å². The monoisotopic (exact) mass is 77.0 g/mol. The minimum absolute atomic E-state index is 1.55. The average Bonchev–Trinajstić information content (AvgIpc) is 0.722. The first-order valence-electron chi connectivity index (χ1n) is 1.72. The Morgan fingerprint density at radius 3 is 2.00 bits per heavy atom. The molecule has 0 aromatic carbocycles. The van der Waals surface area contributed by atoms with Gasteiger partial charge in [-0.05, 0) is 13.1 Å². The van der Waals surface area contributed by atoms with Crippen molar-refractivity contribution in [3.05, 3.63) is 0 Å². The van der Waals surface area contributed by atoms with Crippen molar-refractivity contribution in [2.24, 2.45) is 0 Å². The predicted molar refractivity (Wildman–Crippen MR) is 21.1 cm³/mol. The summed E-state index contributed by atoms with van der Waals surface area (Å²) in [5, 5.41) is 0. The summed E-state index contributed by atoms with van der Waals surface area (Å²) in [5.41, 5.74) is 0. The molecule has 0 rings (SSSR count). The lowest BCUT2D eigenvalue weighted by Gasteiger charge is -1.76. The number of hydrogen-bond acceptors (Lipinski definition) is 1. The molecule has 0 unspecified atom stereocenters. The first kappa shape index (κ1) is 2.42. The van der Waals surface area contributed by atoms with Crippen LogP contribution in [0.15, 0.2) is 0 Å². The molecule has 0 fully saturated rings. The molecule has 1 nitrogen and oxygen atoms in total. The van der Waals surface area contributed by atoms with E-state index < -0.39 is 8.97 Å². The fraction of sp³-hybridized carbons (Fsp3) is 1.00. The summed E-state index contributed by atoms with van der Waals surface area (Å²) in [5.74, 6) is 0. The van der Waals surface area contributed by atoms with Crippen LogP contribution in [-0.2, 0) is 0 Å². The molecular formula is C2H8OSi. The van der Waals surface area contributed by atoms with E-state index in [-0.39, 0.29) is 0 Å². The average molecular weight is 77.2 g/mol. The first-order chi connectivity index (χ1) is 2.00. The zero-order valence-electron chi connectivity index (χ0n) is 3.95. The molecular weight excluding hydrogens is 68.1 g/mol. The summed E-state index contributed by atoms with van der Waals surface area (Å²) in [4.78, 5) is 8.33. The second kappa shape index (κ2) is 1.49.